The van der Waals surface area contributed by atoms with Crippen molar-refractivity contribution in [2.75, 3.05) is 39.9 Å². The summed E-state index contributed by atoms with van der Waals surface area (Å²) in [6.07, 6.45) is 1.49. The van der Waals surface area contributed by atoms with Gasteiger partial charge in [0.15, 0.2) is 11.5 Å². The Labute approximate surface area is 156 Å². The molecule has 0 radical (unpaired) electrons. The molecule has 0 atom stereocenters. The van der Waals surface area contributed by atoms with Gasteiger partial charge in [-0.3, -0.25) is 9.59 Å². The second-order valence-electron chi connectivity index (χ2n) is 6.90. The molecule has 144 valence electrons. The van der Waals surface area contributed by atoms with Crippen molar-refractivity contribution in [3.8, 4) is 11.5 Å². The number of piperazine rings is 1. The zero-order chi connectivity index (χ0) is 19.1. The van der Waals surface area contributed by atoms with Crippen LogP contribution in [0.3, 0.4) is 0 Å². The van der Waals surface area contributed by atoms with E-state index in [1.807, 2.05) is 11.8 Å². The van der Waals surface area contributed by atoms with E-state index in [0.29, 0.717) is 62.2 Å². The van der Waals surface area contributed by atoms with Crippen molar-refractivity contribution in [1.82, 2.24) is 9.80 Å². The Bertz CT molecular complexity index is 622. The normalized spacial score (nSPS) is 14.5. The van der Waals surface area contributed by atoms with E-state index in [2.05, 4.69) is 13.8 Å². The fourth-order valence-corrected chi connectivity index (χ4v) is 2.99. The number of rotatable bonds is 7. The minimum Gasteiger partial charge on any atom is -0.493 e. The van der Waals surface area contributed by atoms with Crippen LogP contribution in [0.5, 0.6) is 11.5 Å². The molecule has 0 N–H and O–H groups in total. The van der Waals surface area contributed by atoms with Crippen LogP contribution in [-0.4, -0.2) is 61.5 Å². The summed E-state index contributed by atoms with van der Waals surface area (Å²) in [4.78, 5) is 28.6. The van der Waals surface area contributed by atoms with Gasteiger partial charge in [-0.25, -0.2) is 0 Å². The quantitative estimate of drug-likeness (QED) is 0.748. The average molecular weight is 362 g/mol. The molecule has 1 aliphatic rings. The molecule has 6 heteroatoms. The molecule has 1 saturated heterocycles. The fourth-order valence-electron chi connectivity index (χ4n) is 2.99. The maximum absolute atomic E-state index is 12.8. The Morgan fingerprint density at radius 1 is 1.08 bits per heavy atom. The third-order valence-electron chi connectivity index (χ3n) is 4.57. The molecule has 1 fully saturated rings. The van der Waals surface area contributed by atoms with Gasteiger partial charge in [0.1, 0.15) is 0 Å². The molecule has 0 spiro atoms. The molecule has 0 bridgehead atoms. The van der Waals surface area contributed by atoms with Gasteiger partial charge in [-0.1, -0.05) is 13.8 Å². The number of carbonyl (C=O) groups excluding carboxylic acids is 2. The fraction of sp³-hybridized carbons (Fsp3) is 0.600. The Hall–Kier alpha value is -2.24. The van der Waals surface area contributed by atoms with Crippen LogP contribution in [0.15, 0.2) is 18.2 Å². The summed E-state index contributed by atoms with van der Waals surface area (Å²) in [6.45, 7) is 8.98. The summed E-state index contributed by atoms with van der Waals surface area (Å²) in [7, 11) is 1.56. The first kappa shape index (κ1) is 20.1. The predicted molar refractivity (Wildman–Crippen MR) is 101 cm³/mol. The Balaban J connectivity index is 1.94. The lowest BCUT2D eigenvalue weighted by Gasteiger charge is -2.35. The largest absolute Gasteiger partial charge is 0.493 e. The monoisotopic (exact) mass is 362 g/mol. The van der Waals surface area contributed by atoms with E-state index in [9.17, 15) is 9.59 Å². The lowest BCUT2D eigenvalue weighted by atomic mass is 10.1. The highest BCUT2D eigenvalue weighted by atomic mass is 16.5. The van der Waals surface area contributed by atoms with Crippen LogP contribution in [0.25, 0.3) is 0 Å². The zero-order valence-corrected chi connectivity index (χ0v) is 16.3. The van der Waals surface area contributed by atoms with Gasteiger partial charge >= 0.3 is 0 Å². The first-order valence-corrected chi connectivity index (χ1v) is 9.34. The number of methoxy groups -OCH3 is 1. The van der Waals surface area contributed by atoms with E-state index in [1.54, 1.807) is 30.2 Å². The zero-order valence-electron chi connectivity index (χ0n) is 16.3. The highest BCUT2D eigenvalue weighted by molar-refractivity contribution is 5.95. The summed E-state index contributed by atoms with van der Waals surface area (Å²) >= 11 is 0. The van der Waals surface area contributed by atoms with Crippen molar-refractivity contribution in [2.45, 2.75) is 33.6 Å². The summed E-state index contributed by atoms with van der Waals surface area (Å²) in [5.41, 5.74) is 0.574. The van der Waals surface area contributed by atoms with Gasteiger partial charge in [0.05, 0.1) is 13.7 Å². The van der Waals surface area contributed by atoms with Gasteiger partial charge in [-0.2, -0.15) is 0 Å². The lowest BCUT2D eigenvalue weighted by Crippen LogP contribution is -2.50. The van der Waals surface area contributed by atoms with E-state index in [4.69, 9.17) is 9.47 Å². The van der Waals surface area contributed by atoms with Gasteiger partial charge < -0.3 is 19.3 Å². The van der Waals surface area contributed by atoms with Crippen LogP contribution in [-0.2, 0) is 4.79 Å². The SMILES string of the molecule is CCOc1ccc(C(=O)N2CCN(C(=O)CCC(C)C)CC2)cc1OC. The highest BCUT2D eigenvalue weighted by Gasteiger charge is 2.25. The van der Waals surface area contributed by atoms with Crippen LogP contribution < -0.4 is 9.47 Å². The van der Waals surface area contributed by atoms with E-state index in [1.165, 1.54) is 0 Å². The molecule has 0 saturated carbocycles. The lowest BCUT2D eigenvalue weighted by molar-refractivity contribution is -0.132. The van der Waals surface area contributed by atoms with Crippen LogP contribution in [0, 0.1) is 5.92 Å². The molecular weight excluding hydrogens is 332 g/mol. The highest BCUT2D eigenvalue weighted by Crippen LogP contribution is 2.28. The Morgan fingerprint density at radius 2 is 1.73 bits per heavy atom. The third-order valence-corrected chi connectivity index (χ3v) is 4.57. The van der Waals surface area contributed by atoms with Gasteiger partial charge in [-0.15, -0.1) is 0 Å². The molecule has 2 amide bonds. The Morgan fingerprint density at radius 3 is 2.31 bits per heavy atom. The maximum Gasteiger partial charge on any atom is 0.254 e. The van der Waals surface area contributed by atoms with Crippen molar-refractivity contribution in [3.63, 3.8) is 0 Å². The van der Waals surface area contributed by atoms with Crippen LogP contribution >= 0.6 is 0 Å². The summed E-state index contributed by atoms with van der Waals surface area (Å²) in [6, 6.07) is 5.24. The summed E-state index contributed by atoms with van der Waals surface area (Å²) in [5, 5.41) is 0. The van der Waals surface area contributed by atoms with Crippen LogP contribution in [0.4, 0.5) is 0 Å². The molecule has 6 nitrogen and oxygen atoms in total. The molecule has 0 aromatic heterocycles. The number of hydrogen-bond donors (Lipinski definition) is 0. The minimum atomic E-state index is -0.0411. The number of carbonyl (C=O) groups is 2. The first-order valence-electron chi connectivity index (χ1n) is 9.34. The standard InChI is InChI=1S/C20H30N2O4/c1-5-26-17-8-7-16(14-18(17)25-4)20(24)22-12-10-21(11-13-22)19(23)9-6-15(2)3/h7-8,14-15H,5-6,9-13H2,1-4H3. The number of amides is 2. The van der Waals surface area contributed by atoms with Crippen LogP contribution in [0.1, 0.15) is 44.0 Å². The number of benzene rings is 1. The van der Waals surface area contributed by atoms with Crippen molar-refractivity contribution in [3.05, 3.63) is 23.8 Å². The van der Waals surface area contributed by atoms with Crippen LogP contribution in [0.2, 0.25) is 0 Å². The maximum atomic E-state index is 12.8. The Kier molecular flexibility index (Phi) is 7.30. The molecule has 1 aromatic carbocycles. The number of ether oxygens (including phenoxy) is 2. The number of hydrogen-bond acceptors (Lipinski definition) is 4. The van der Waals surface area contributed by atoms with E-state index < -0.39 is 0 Å². The van der Waals surface area contributed by atoms with Gasteiger partial charge in [0, 0.05) is 38.2 Å². The summed E-state index contributed by atoms with van der Waals surface area (Å²) in [5.74, 6) is 1.86. The van der Waals surface area contributed by atoms with E-state index in [-0.39, 0.29) is 11.8 Å². The van der Waals surface area contributed by atoms with Gasteiger partial charge in [-0.05, 0) is 37.5 Å². The predicted octanol–water partition coefficient (Wildman–Crippen LogP) is 2.81. The first-order chi connectivity index (χ1) is 12.5. The molecule has 1 aromatic rings. The van der Waals surface area contributed by atoms with E-state index >= 15 is 0 Å². The molecule has 0 unspecified atom stereocenters. The molecule has 2 rings (SSSR count). The van der Waals surface area contributed by atoms with Crippen molar-refractivity contribution < 1.29 is 19.1 Å². The van der Waals surface area contributed by atoms with Crippen molar-refractivity contribution in [2.24, 2.45) is 5.92 Å². The number of nitrogens with zero attached hydrogens (tertiary/aromatic N) is 2. The van der Waals surface area contributed by atoms with E-state index in [0.717, 1.165) is 6.42 Å². The molecule has 26 heavy (non-hydrogen) atoms. The average Bonchev–Trinajstić information content (AvgIpc) is 2.66. The molecule has 1 aliphatic heterocycles. The van der Waals surface area contributed by atoms with Crippen molar-refractivity contribution in [1.29, 1.82) is 0 Å². The third kappa shape index (κ3) is 5.13. The van der Waals surface area contributed by atoms with Crippen molar-refractivity contribution >= 4 is 11.8 Å². The minimum absolute atomic E-state index is 0.0411. The smallest absolute Gasteiger partial charge is 0.254 e. The summed E-state index contributed by atoms with van der Waals surface area (Å²) < 4.78 is 10.8. The van der Waals surface area contributed by atoms with Gasteiger partial charge in [0.2, 0.25) is 5.91 Å². The second-order valence-corrected chi connectivity index (χ2v) is 6.90. The van der Waals surface area contributed by atoms with Gasteiger partial charge in [0.25, 0.3) is 5.91 Å². The second kappa shape index (κ2) is 9.46. The molecular formula is C20H30N2O4. The molecule has 1 heterocycles. The molecule has 0 aliphatic carbocycles. The topological polar surface area (TPSA) is 59.1 Å².